The Hall–Kier alpha value is -1.15. The van der Waals surface area contributed by atoms with Crippen molar-refractivity contribution in [3.63, 3.8) is 0 Å². The minimum atomic E-state index is -0.283. The van der Waals surface area contributed by atoms with Gasteiger partial charge in [-0.25, -0.2) is 4.39 Å². The Morgan fingerprint density at radius 3 is 2.62 bits per heavy atom. The summed E-state index contributed by atoms with van der Waals surface area (Å²) in [5, 5.41) is 1.31. The fourth-order valence-corrected chi connectivity index (χ4v) is 2.50. The van der Waals surface area contributed by atoms with E-state index in [0.29, 0.717) is 10.4 Å². The lowest BCUT2D eigenvalue weighted by molar-refractivity contribution is 0.629. The fraction of sp³-hybridized carbons (Fsp3) is 0.308. The van der Waals surface area contributed by atoms with Gasteiger partial charge in [0.1, 0.15) is 5.82 Å². The van der Waals surface area contributed by atoms with E-state index in [4.69, 9.17) is 11.6 Å². The van der Waals surface area contributed by atoms with Crippen molar-refractivity contribution in [1.82, 2.24) is 4.98 Å². The van der Waals surface area contributed by atoms with Crippen LogP contribution in [0.4, 0.5) is 4.39 Å². The van der Waals surface area contributed by atoms with Gasteiger partial charge in [0.2, 0.25) is 0 Å². The van der Waals surface area contributed by atoms with Crippen molar-refractivity contribution in [3.05, 3.63) is 40.3 Å². The van der Waals surface area contributed by atoms with E-state index in [0.717, 1.165) is 16.8 Å². The second-order valence-corrected chi connectivity index (χ2v) is 4.62. The molecule has 0 N–H and O–H groups in total. The van der Waals surface area contributed by atoms with Crippen LogP contribution in [-0.2, 0) is 0 Å². The van der Waals surface area contributed by atoms with Gasteiger partial charge in [0.25, 0.3) is 0 Å². The molecule has 3 heteroatoms. The van der Waals surface area contributed by atoms with Gasteiger partial charge in [-0.05, 0) is 36.6 Å². The molecule has 0 saturated heterocycles. The highest BCUT2D eigenvalue weighted by molar-refractivity contribution is 6.36. The molecular weight excluding hydrogens is 225 g/mol. The van der Waals surface area contributed by atoms with Crippen LogP contribution in [0.1, 0.15) is 31.0 Å². The fourth-order valence-electron chi connectivity index (χ4n) is 2.00. The molecule has 0 fully saturated rings. The van der Waals surface area contributed by atoms with Crippen molar-refractivity contribution in [1.29, 1.82) is 0 Å². The van der Waals surface area contributed by atoms with E-state index in [-0.39, 0.29) is 11.7 Å². The highest BCUT2D eigenvalue weighted by Gasteiger charge is 2.14. The van der Waals surface area contributed by atoms with Crippen LogP contribution in [0.2, 0.25) is 5.02 Å². The quantitative estimate of drug-likeness (QED) is 0.714. The van der Waals surface area contributed by atoms with Gasteiger partial charge in [-0.1, -0.05) is 25.4 Å². The van der Waals surface area contributed by atoms with Crippen molar-refractivity contribution >= 4 is 22.5 Å². The summed E-state index contributed by atoms with van der Waals surface area (Å²) in [6.07, 6.45) is 0. The van der Waals surface area contributed by atoms with Crippen molar-refractivity contribution in [3.8, 4) is 0 Å². The Morgan fingerprint density at radius 1 is 1.31 bits per heavy atom. The summed E-state index contributed by atoms with van der Waals surface area (Å²) in [6.45, 7) is 6.05. The molecule has 84 valence electrons. The molecule has 0 atom stereocenters. The summed E-state index contributed by atoms with van der Waals surface area (Å²) in [7, 11) is 0. The average Bonchev–Trinajstić information content (AvgIpc) is 2.19. The second-order valence-electron chi connectivity index (χ2n) is 4.24. The number of rotatable bonds is 1. The summed E-state index contributed by atoms with van der Waals surface area (Å²) in [5.41, 5.74) is 2.66. The van der Waals surface area contributed by atoms with E-state index in [2.05, 4.69) is 18.8 Å². The standard InChI is InChI=1S/C13H13ClFN/c1-7(2)12-8(3)16-11-5-4-9(15)6-10(11)13(12)14/h4-7H,1-3H3. The van der Waals surface area contributed by atoms with E-state index >= 15 is 0 Å². The number of benzene rings is 1. The number of hydrogen-bond acceptors (Lipinski definition) is 1. The van der Waals surface area contributed by atoms with E-state index < -0.39 is 0 Å². The van der Waals surface area contributed by atoms with Crippen LogP contribution in [0.15, 0.2) is 18.2 Å². The molecule has 1 nitrogen and oxygen atoms in total. The molecule has 1 heterocycles. The van der Waals surface area contributed by atoms with Crippen molar-refractivity contribution in [2.45, 2.75) is 26.7 Å². The van der Waals surface area contributed by atoms with Crippen molar-refractivity contribution < 1.29 is 4.39 Å². The van der Waals surface area contributed by atoms with Gasteiger partial charge in [0.15, 0.2) is 0 Å². The first-order valence-electron chi connectivity index (χ1n) is 5.26. The second kappa shape index (κ2) is 4.02. The molecule has 0 unspecified atom stereocenters. The predicted octanol–water partition coefficient (Wildman–Crippen LogP) is 4.46. The van der Waals surface area contributed by atoms with Gasteiger partial charge in [-0.2, -0.15) is 0 Å². The van der Waals surface area contributed by atoms with Gasteiger partial charge in [-0.3, -0.25) is 4.98 Å². The molecule has 16 heavy (non-hydrogen) atoms. The van der Waals surface area contributed by atoms with Gasteiger partial charge in [-0.15, -0.1) is 0 Å². The molecule has 0 spiro atoms. The molecule has 0 radical (unpaired) electrons. The summed E-state index contributed by atoms with van der Waals surface area (Å²) in [4.78, 5) is 4.45. The Balaban J connectivity index is 2.85. The van der Waals surface area contributed by atoms with Crippen LogP contribution in [-0.4, -0.2) is 4.98 Å². The predicted molar refractivity (Wildman–Crippen MR) is 65.5 cm³/mol. The maximum absolute atomic E-state index is 13.2. The number of nitrogens with zero attached hydrogens (tertiary/aromatic N) is 1. The largest absolute Gasteiger partial charge is 0.253 e. The van der Waals surface area contributed by atoms with E-state index in [1.165, 1.54) is 12.1 Å². The molecule has 2 aromatic rings. The molecular formula is C13H13ClFN. The van der Waals surface area contributed by atoms with E-state index in [9.17, 15) is 4.39 Å². The summed E-state index contributed by atoms with van der Waals surface area (Å²) in [5.74, 6) is 0.00225. The van der Waals surface area contributed by atoms with Crippen LogP contribution in [0.25, 0.3) is 10.9 Å². The Bertz CT molecular complexity index is 549. The third-order valence-electron chi connectivity index (χ3n) is 2.69. The lowest BCUT2D eigenvalue weighted by Crippen LogP contribution is -1.98. The first-order valence-corrected chi connectivity index (χ1v) is 5.63. The average molecular weight is 238 g/mol. The van der Waals surface area contributed by atoms with Crippen LogP contribution >= 0.6 is 11.6 Å². The Morgan fingerprint density at radius 2 is 2.00 bits per heavy atom. The lowest BCUT2D eigenvalue weighted by Gasteiger charge is -2.13. The van der Waals surface area contributed by atoms with E-state index in [1.807, 2.05) is 6.92 Å². The topological polar surface area (TPSA) is 12.9 Å². The highest BCUT2D eigenvalue weighted by atomic mass is 35.5. The normalized spacial score (nSPS) is 11.4. The number of aromatic nitrogens is 1. The Labute approximate surface area is 99.3 Å². The molecule has 0 aliphatic heterocycles. The summed E-state index contributed by atoms with van der Waals surface area (Å²) >= 11 is 6.31. The third kappa shape index (κ3) is 1.78. The van der Waals surface area contributed by atoms with Gasteiger partial charge in [0, 0.05) is 11.1 Å². The molecule has 0 amide bonds. The number of aryl methyl sites for hydroxylation is 1. The number of hydrogen-bond donors (Lipinski definition) is 0. The molecule has 0 aliphatic rings. The van der Waals surface area contributed by atoms with Crippen LogP contribution in [0.3, 0.4) is 0 Å². The lowest BCUT2D eigenvalue weighted by atomic mass is 9.99. The molecule has 2 rings (SSSR count). The monoisotopic (exact) mass is 237 g/mol. The molecule has 0 aliphatic carbocycles. The Kier molecular flexibility index (Phi) is 2.85. The number of halogens is 2. The maximum atomic E-state index is 13.2. The highest BCUT2D eigenvalue weighted by Crippen LogP contribution is 2.33. The first kappa shape index (κ1) is 11.3. The molecule has 1 aromatic carbocycles. The van der Waals surface area contributed by atoms with E-state index in [1.54, 1.807) is 6.07 Å². The smallest absolute Gasteiger partial charge is 0.124 e. The third-order valence-corrected chi connectivity index (χ3v) is 3.09. The van der Waals surface area contributed by atoms with Crippen LogP contribution in [0, 0.1) is 12.7 Å². The number of pyridine rings is 1. The first-order chi connectivity index (χ1) is 7.50. The number of fused-ring (bicyclic) bond motifs is 1. The summed E-state index contributed by atoms with van der Waals surface area (Å²) < 4.78 is 13.2. The molecule has 1 aromatic heterocycles. The van der Waals surface area contributed by atoms with Crippen molar-refractivity contribution in [2.75, 3.05) is 0 Å². The minimum absolute atomic E-state index is 0.283. The SMILES string of the molecule is Cc1nc2ccc(F)cc2c(Cl)c1C(C)C. The maximum Gasteiger partial charge on any atom is 0.124 e. The molecule has 0 saturated carbocycles. The zero-order chi connectivity index (χ0) is 11.9. The zero-order valence-electron chi connectivity index (χ0n) is 9.51. The zero-order valence-corrected chi connectivity index (χ0v) is 10.3. The van der Waals surface area contributed by atoms with Crippen molar-refractivity contribution in [2.24, 2.45) is 0 Å². The van der Waals surface area contributed by atoms with Crippen LogP contribution in [0.5, 0.6) is 0 Å². The minimum Gasteiger partial charge on any atom is -0.253 e. The van der Waals surface area contributed by atoms with Gasteiger partial charge in [0.05, 0.1) is 10.5 Å². The van der Waals surface area contributed by atoms with Crippen LogP contribution < -0.4 is 0 Å². The van der Waals surface area contributed by atoms with Gasteiger partial charge >= 0.3 is 0 Å². The molecule has 0 bridgehead atoms. The summed E-state index contributed by atoms with van der Waals surface area (Å²) in [6, 6.07) is 4.50. The van der Waals surface area contributed by atoms with Gasteiger partial charge < -0.3 is 0 Å².